The molecule has 1 atom stereocenters. The largest absolute Gasteiger partial charge is 0.303 e. The molecule has 0 bridgehead atoms. The van der Waals surface area contributed by atoms with E-state index in [4.69, 9.17) is 28.2 Å². The fourth-order valence-corrected chi connectivity index (χ4v) is 2.45. The van der Waals surface area contributed by atoms with Gasteiger partial charge in [-0.3, -0.25) is 0 Å². The van der Waals surface area contributed by atoms with Crippen molar-refractivity contribution in [3.8, 4) is 12.1 Å². The first kappa shape index (κ1) is 14.4. The lowest BCUT2D eigenvalue weighted by Crippen LogP contribution is -2.19. The van der Waals surface area contributed by atoms with Crippen molar-refractivity contribution in [1.82, 2.24) is 0 Å². The maximum Gasteiger partial charge on any atom is 0.129 e. The van der Waals surface area contributed by atoms with Crippen LogP contribution < -0.4 is 0 Å². The minimum Gasteiger partial charge on any atom is -0.303 e. The lowest BCUT2D eigenvalue weighted by Gasteiger charge is -2.11. The van der Waals surface area contributed by atoms with Gasteiger partial charge in [0, 0.05) is 12.2 Å². The Hall–Kier alpha value is -1.69. The van der Waals surface area contributed by atoms with Crippen LogP contribution in [0.4, 0.5) is 0 Å². The summed E-state index contributed by atoms with van der Waals surface area (Å²) in [5.74, 6) is -0.138. The SMILES string of the molecule is N#CCCSC(=S)C(C#N)C(=N)c1ccccc1. The molecule has 0 aliphatic carbocycles. The Morgan fingerprint density at radius 3 is 2.56 bits per heavy atom. The van der Waals surface area contributed by atoms with E-state index in [1.54, 1.807) is 12.1 Å². The quantitative estimate of drug-likeness (QED) is 0.508. The zero-order valence-corrected chi connectivity index (χ0v) is 11.2. The van der Waals surface area contributed by atoms with Crippen molar-refractivity contribution in [2.45, 2.75) is 6.42 Å². The van der Waals surface area contributed by atoms with Gasteiger partial charge in [0.25, 0.3) is 0 Å². The van der Waals surface area contributed by atoms with E-state index in [1.807, 2.05) is 24.3 Å². The minimum atomic E-state index is -0.703. The molecule has 1 aromatic carbocycles. The van der Waals surface area contributed by atoms with Crippen LogP contribution in [0.1, 0.15) is 12.0 Å². The fourth-order valence-electron chi connectivity index (χ4n) is 1.30. The van der Waals surface area contributed by atoms with Crippen molar-refractivity contribution in [3.05, 3.63) is 35.9 Å². The number of thioether (sulfide) groups is 1. The molecule has 0 saturated carbocycles. The molecule has 0 saturated heterocycles. The molecule has 0 aliphatic heterocycles. The third-order valence-corrected chi connectivity index (χ3v) is 3.71. The van der Waals surface area contributed by atoms with E-state index in [2.05, 4.69) is 6.07 Å². The predicted molar refractivity (Wildman–Crippen MR) is 77.7 cm³/mol. The van der Waals surface area contributed by atoms with E-state index < -0.39 is 5.92 Å². The smallest absolute Gasteiger partial charge is 0.129 e. The number of rotatable bonds is 5. The van der Waals surface area contributed by atoms with Gasteiger partial charge in [0.15, 0.2) is 0 Å². The number of hydrogen-bond acceptors (Lipinski definition) is 5. The second-order valence-corrected chi connectivity index (χ2v) is 5.25. The van der Waals surface area contributed by atoms with Crippen LogP contribution in [0, 0.1) is 34.0 Å². The van der Waals surface area contributed by atoms with E-state index in [-0.39, 0.29) is 5.71 Å². The first-order chi connectivity index (χ1) is 8.70. The summed E-state index contributed by atoms with van der Waals surface area (Å²) in [6, 6.07) is 13.2. The average Bonchev–Trinajstić information content (AvgIpc) is 2.41. The molecule has 0 spiro atoms. The number of hydrogen-bond donors (Lipinski definition) is 1. The van der Waals surface area contributed by atoms with Gasteiger partial charge < -0.3 is 5.41 Å². The van der Waals surface area contributed by atoms with E-state index in [0.29, 0.717) is 21.9 Å². The molecule has 0 aliphatic rings. The standard InChI is InChI=1S/C13H11N3S2/c14-7-4-8-18-13(17)11(9-15)12(16)10-5-2-1-3-6-10/h1-3,5-6,11,16H,4,8H2. The molecule has 90 valence electrons. The van der Waals surface area contributed by atoms with Crippen molar-refractivity contribution in [3.63, 3.8) is 0 Å². The summed E-state index contributed by atoms with van der Waals surface area (Å²) < 4.78 is 0.460. The van der Waals surface area contributed by atoms with Crippen molar-refractivity contribution in [2.24, 2.45) is 5.92 Å². The Bertz CT molecular complexity index is 511. The molecular formula is C13H11N3S2. The Balaban J connectivity index is 2.73. The number of thiocarbonyl (C=S) groups is 1. The second kappa shape index (κ2) is 7.60. The van der Waals surface area contributed by atoms with Crippen molar-refractivity contribution in [2.75, 3.05) is 5.75 Å². The van der Waals surface area contributed by atoms with Crippen molar-refractivity contribution in [1.29, 1.82) is 15.9 Å². The number of nitrogens with one attached hydrogen (secondary N) is 1. The highest BCUT2D eigenvalue weighted by molar-refractivity contribution is 8.23. The Kier molecular flexibility index (Phi) is 6.07. The summed E-state index contributed by atoms with van der Waals surface area (Å²) in [7, 11) is 0. The highest BCUT2D eigenvalue weighted by Crippen LogP contribution is 2.18. The van der Waals surface area contributed by atoms with Crippen LogP contribution in [0.25, 0.3) is 0 Å². The van der Waals surface area contributed by atoms with Crippen LogP contribution in [0.3, 0.4) is 0 Å². The molecule has 0 fully saturated rings. The Labute approximate surface area is 116 Å². The normalized spacial score (nSPS) is 11.0. The highest BCUT2D eigenvalue weighted by atomic mass is 32.2. The monoisotopic (exact) mass is 273 g/mol. The first-order valence-corrected chi connectivity index (χ1v) is 6.67. The zero-order valence-electron chi connectivity index (χ0n) is 9.59. The molecule has 3 nitrogen and oxygen atoms in total. The number of benzene rings is 1. The lowest BCUT2D eigenvalue weighted by molar-refractivity contribution is 1.21. The number of nitrogens with zero attached hydrogens (tertiary/aromatic N) is 2. The van der Waals surface area contributed by atoms with Crippen molar-refractivity contribution < 1.29 is 0 Å². The van der Waals surface area contributed by atoms with Crippen LogP contribution in [-0.2, 0) is 0 Å². The van der Waals surface area contributed by atoms with Gasteiger partial charge in [0.1, 0.15) is 5.92 Å². The van der Waals surface area contributed by atoms with E-state index in [1.165, 1.54) is 11.8 Å². The lowest BCUT2D eigenvalue weighted by atomic mass is 10.00. The van der Waals surface area contributed by atoms with E-state index in [0.717, 1.165) is 0 Å². The molecular weight excluding hydrogens is 262 g/mol. The summed E-state index contributed by atoms with van der Waals surface area (Å²) in [4.78, 5) is 0. The van der Waals surface area contributed by atoms with E-state index in [9.17, 15) is 0 Å². The second-order valence-electron chi connectivity index (χ2n) is 3.42. The van der Waals surface area contributed by atoms with Gasteiger partial charge in [0.2, 0.25) is 0 Å². The van der Waals surface area contributed by atoms with Crippen LogP contribution >= 0.6 is 24.0 Å². The average molecular weight is 273 g/mol. The highest BCUT2D eigenvalue weighted by Gasteiger charge is 2.20. The van der Waals surface area contributed by atoms with Crippen LogP contribution in [-0.4, -0.2) is 15.7 Å². The predicted octanol–water partition coefficient (Wildman–Crippen LogP) is 3.17. The topological polar surface area (TPSA) is 71.4 Å². The van der Waals surface area contributed by atoms with E-state index >= 15 is 0 Å². The zero-order chi connectivity index (χ0) is 13.4. The van der Waals surface area contributed by atoms with Crippen LogP contribution in [0.5, 0.6) is 0 Å². The molecule has 5 heteroatoms. The molecule has 0 radical (unpaired) electrons. The number of nitriles is 2. The van der Waals surface area contributed by atoms with Gasteiger partial charge >= 0.3 is 0 Å². The molecule has 1 aromatic rings. The first-order valence-electron chi connectivity index (χ1n) is 5.27. The van der Waals surface area contributed by atoms with Gasteiger partial charge in [-0.1, -0.05) is 42.5 Å². The molecule has 0 amide bonds. The van der Waals surface area contributed by atoms with Gasteiger partial charge in [-0.2, -0.15) is 10.5 Å². The molecule has 0 heterocycles. The van der Waals surface area contributed by atoms with Gasteiger partial charge in [-0.15, -0.1) is 11.8 Å². The molecule has 1 unspecified atom stereocenters. The van der Waals surface area contributed by atoms with Gasteiger partial charge in [-0.05, 0) is 5.56 Å². The van der Waals surface area contributed by atoms with Gasteiger partial charge in [-0.25, -0.2) is 0 Å². The van der Waals surface area contributed by atoms with Gasteiger partial charge in [0.05, 0.1) is 22.0 Å². The third-order valence-electron chi connectivity index (χ3n) is 2.20. The summed E-state index contributed by atoms with van der Waals surface area (Å²) in [5.41, 5.74) is 0.917. The fraction of sp³-hybridized carbons (Fsp3) is 0.231. The summed E-state index contributed by atoms with van der Waals surface area (Å²) in [6.45, 7) is 0. The Morgan fingerprint density at radius 1 is 1.33 bits per heavy atom. The summed E-state index contributed by atoms with van der Waals surface area (Å²) in [5, 5.41) is 25.6. The van der Waals surface area contributed by atoms with Crippen LogP contribution in [0.2, 0.25) is 0 Å². The molecule has 0 aromatic heterocycles. The summed E-state index contributed by atoms with van der Waals surface area (Å²) in [6.07, 6.45) is 0.391. The maximum atomic E-state index is 9.13. The third kappa shape index (κ3) is 3.96. The molecule has 1 N–H and O–H groups in total. The Morgan fingerprint density at radius 2 is 2.00 bits per heavy atom. The molecule has 1 rings (SSSR count). The minimum absolute atomic E-state index is 0.215. The molecule has 18 heavy (non-hydrogen) atoms. The maximum absolute atomic E-state index is 9.13. The summed E-state index contributed by atoms with van der Waals surface area (Å²) >= 11 is 6.46. The van der Waals surface area contributed by atoms with Crippen molar-refractivity contribution >= 4 is 33.9 Å². The van der Waals surface area contributed by atoms with Crippen LogP contribution in [0.15, 0.2) is 30.3 Å².